The van der Waals surface area contributed by atoms with E-state index in [2.05, 4.69) is 54.7 Å². The number of rotatable bonds is 6. The van der Waals surface area contributed by atoms with Crippen molar-refractivity contribution in [3.8, 4) is 0 Å². The van der Waals surface area contributed by atoms with Gasteiger partial charge in [-0.1, -0.05) is 43.3 Å². The highest BCUT2D eigenvalue weighted by atomic mass is 16.7. The molecule has 19 heavy (non-hydrogen) atoms. The van der Waals surface area contributed by atoms with Crippen molar-refractivity contribution in [1.82, 2.24) is 5.32 Å². The van der Waals surface area contributed by atoms with Gasteiger partial charge in [-0.3, -0.25) is 0 Å². The summed E-state index contributed by atoms with van der Waals surface area (Å²) in [5.74, 6) is 0. The summed E-state index contributed by atoms with van der Waals surface area (Å²) in [4.78, 5) is 0. The second-order valence-corrected chi connectivity index (χ2v) is 4.48. The molecule has 0 aliphatic carbocycles. The fraction of sp³-hybridized carbons (Fsp3) is 0.375. The van der Waals surface area contributed by atoms with E-state index in [-0.39, 0.29) is 12.3 Å². The molecule has 102 valence electrons. The van der Waals surface area contributed by atoms with E-state index in [0.717, 1.165) is 6.54 Å². The standard InChI is InChI=1S/C16H21NO2/c1-4-17-15(16(18-2)19-3)14-10-9-12-7-5-6-8-13(12)11-14/h5-11,15-17H,4H2,1-3H3. The molecule has 0 fully saturated rings. The lowest BCUT2D eigenvalue weighted by atomic mass is 10.0. The number of ether oxygens (including phenoxy) is 2. The fourth-order valence-corrected chi connectivity index (χ4v) is 2.36. The van der Waals surface area contributed by atoms with E-state index in [1.54, 1.807) is 14.2 Å². The van der Waals surface area contributed by atoms with Crippen molar-refractivity contribution in [3.63, 3.8) is 0 Å². The van der Waals surface area contributed by atoms with Gasteiger partial charge in [0, 0.05) is 14.2 Å². The lowest BCUT2D eigenvalue weighted by molar-refractivity contribution is -0.123. The molecule has 1 unspecified atom stereocenters. The molecule has 0 aliphatic heterocycles. The zero-order valence-electron chi connectivity index (χ0n) is 11.7. The van der Waals surface area contributed by atoms with E-state index < -0.39 is 0 Å². The van der Waals surface area contributed by atoms with Crippen molar-refractivity contribution >= 4 is 10.8 Å². The molecule has 0 saturated heterocycles. The lowest BCUT2D eigenvalue weighted by Crippen LogP contribution is -2.34. The van der Waals surface area contributed by atoms with E-state index in [9.17, 15) is 0 Å². The van der Waals surface area contributed by atoms with Crippen LogP contribution in [0.5, 0.6) is 0 Å². The summed E-state index contributed by atoms with van der Waals surface area (Å²) in [6.07, 6.45) is -0.291. The molecule has 1 atom stereocenters. The minimum absolute atomic E-state index is 0.0320. The maximum Gasteiger partial charge on any atom is 0.176 e. The van der Waals surface area contributed by atoms with E-state index in [1.165, 1.54) is 16.3 Å². The summed E-state index contributed by atoms with van der Waals surface area (Å²) in [7, 11) is 3.33. The van der Waals surface area contributed by atoms with Crippen LogP contribution in [0.2, 0.25) is 0 Å². The summed E-state index contributed by atoms with van der Waals surface area (Å²) in [5.41, 5.74) is 1.18. The number of hydrogen-bond donors (Lipinski definition) is 1. The molecular formula is C16H21NO2. The molecule has 0 saturated carbocycles. The molecule has 2 rings (SSSR count). The third-order valence-electron chi connectivity index (χ3n) is 3.29. The summed E-state index contributed by atoms with van der Waals surface area (Å²) >= 11 is 0. The maximum atomic E-state index is 5.40. The zero-order chi connectivity index (χ0) is 13.7. The van der Waals surface area contributed by atoms with Gasteiger partial charge < -0.3 is 14.8 Å². The van der Waals surface area contributed by atoms with Crippen molar-refractivity contribution in [2.45, 2.75) is 19.3 Å². The summed E-state index contributed by atoms with van der Waals surface area (Å²) < 4.78 is 10.8. The first-order chi connectivity index (χ1) is 9.30. The molecule has 0 aliphatic rings. The van der Waals surface area contributed by atoms with Crippen LogP contribution in [-0.2, 0) is 9.47 Å². The van der Waals surface area contributed by atoms with Crippen molar-refractivity contribution in [2.75, 3.05) is 20.8 Å². The number of nitrogens with one attached hydrogen (secondary N) is 1. The molecule has 3 heteroatoms. The average molecular weight is 259 g/mol. The van der Waals surface area contributed by atoms with E-state index >= 15 is 0 Å². The van der Waals surface area contributed by atoms with E-state index in [1.807, 2.05) is 0 Å². The largest absolute Gasteiger partial charge is 0.354 e. The first-order valence-electron chi connectivity index (χ1n) is 6.57. The number of methoxy groups -OCH3 is 2. The summed E-state index contributed by atoms with van der Waals surface area (Å²) in [6, 6.07) is 14.8. The van der Waals surface area contributed by atoms with Crippen LogP contribution in [-0.4, -0.2) is 27.1 Å². The van der Waals surface area contributed by atoms with Crippen LogP contribution in [0.25, 0.3) is 10.8 Å². The predicted octanol–water partition coefficient (Wildman–Crippen LogP) is 3.11. The highest BCUT2D eigenvalue weighted by Crippen LogP contribution is 2.24. The number of benzene rings is 2. The van der Waals surface area contributed by atoms with Gasteiger partial charge in [-0.2, -0.15) is 0 Å². The Morgan fingerprint density at radius 1 is 1.00 bits per heavy atom. The second-order valence-electron chi connectivity index (χ2n) is 4.48. The number of likely N-dealkylation sites (N-methyl/N-ethyl adjacent to an activating group) is 1. The molecule has 0 aromatic heterocycles. The lowest BCUT2D eigenvalue weighted by Gasteiger charge is -2.26. The molecule has 0 amide bonds. The summed E-state index contributed by atoms with van der Waals surface area (Å²) in [5, 5.41) is 5.89. The highest BCUT2D eigenvalue weighted by Gasteiger charge is 2.21. The second kappa shape index (κ2) is 6.66. The van der Waals surface area contributed by atoms with Crippen LogP contribution in [0.15, 0.2) is 42.5 Å². The van der Waals surface area contributed by atoms with Gasteiger partial charge in [0.05, 0.1) is 6.04 Å². The first kappa shape index (κ1) is 14.0. The Kier molecular flexibility index (Phi) is 4.91. The van der Waals surface area contributed by atoms with Gasteiger partial charge in [0.15, 0.2) is 6.29 Å². The number of hydrogen-bond acceptors (Lipinski definition) is 3. The van der Waals surface area contributed by atoms with Gasteiger partial charge in [0.25, 0.3) is 0 Å². The third-order valence-corrected chi connectivity index (χ3v) is 3.29. The molecule has 2 aromatic carbocycles. The average Bonchev–Trinajstić information content (AvgIpc) is 2.47. The number of fused-ring (bicyclic) bond motifs is 1. The molecule has 0 spiro atoms. The minimum Gasteiger partial charge on any atom is -0.354 e. The Balaban J connectivity index is 2.37. The smallest absolute Gasteiger partial charge is 0.176 e. The Bertz CT molecular complexity index is 523. The third kappa shape index (κ3) is 3.13. The Morgan fingerprint density at radius 2 is 1.68 bits per heavy atom. The van der Waals surface area contributed by atoms with Crippen LogP contribution in [0.1, 0.15) is 18.5 Å². The van der Waals surface area contributed by atoms with Gasteiger partial charge in [-0.25, -0.2) is 0 Å². The van der Waals surface area contributed by atoms with Crippen LogP contribution >= 0.6 is 0 Å². The molecule has 0 bridgehead atoms. The van der Waals surface area contributed by atoms with Crippen LogP contribution < -0.4 is 5.32 Å². The highest BCUT2D eigenvalue weighted by molar-refractivity contribution is 5.83. The topological polar surface area (TPSA) is 30.5 Å². The molecule has 3 nitrogen and oxygen atoms in total. The first-order valence-corrected chi connectivity index (χ1v) is 6.57. The Labute approximate surface area is 114 Å². The molecule has 2 aromatic rings. The van der Waals surface area contributed by atoms with Gasteiger partial charge >= 0.3 is 0 Å². The molecular weight excluding hydrogens is 238 g/mol. The van der Waals surface area contributed by atoms with Crippen molar-refractivity contribution in [1.29, 1.82) is 0 Å². The predicted molar refractivity (Wildman–Crippen MR) is 78.2 cm³/mol. The van der Waals surface area contributed by atoms with Crippen molar-refractivity contribution in [3.05, 3.63) is 48.0 Å². The van der Waals surface area contributed by atoms with Gasteiger partial charge in [-0.15, -0.1) is 0 Å². The van der Waals surface area contributed by atoms with E-state index in [0.29, 0.717) is 0 Å². The van der Waals surface area contributed by atoms with Gasteiger partial charge in [0.1, 0.15) is 0 Å². The van der Waals surface area contributed by atoms with Crippen molar-refractivity contribution < 1.29 is 9.47 Å². The minimum atomic E-state index is -0.291. The zero-order valence-corrected chi connectivity index (χ0v) is 11.7. The van der Waals surface area contributed by atoms with Gasteiger partial charge in [-0.05, 0) is 28.9 Å². The Hall–Kier alpha value is -1.42. The van der Waals surface area contributed by atoms with Crippen molar-refractivity contribution in [2.24, 2.45) is 0 Å². The molecule has 0 heterocycles. The van der Waals surface area contributed by atoms with Crippen LogP contribution in [0.4, 0.5) is 0 Å². The monoisotopic (exact) mass is 259 g/mol. The van der Waals surface area contributed by atoms with Crippen LogP contribution in [0, 0.1) is 0 Å². The van der Waals surface area contributed by atoms with E-state index in [4.69, 9.17) is 9.47 Å². The fourth-order valence-electron chi connectivity index (χ4n) is 2.36. The Morgan fingerprint density at radius 3 is 2.32 bits per heavy atom. The summed E-state index contributed by atoms with van der Waals surface area (Å²) in [6.45, 7) is 2.94. The SMILES string of the molecule is CCNC(c1ccc2ccccc2c1)C(OC)OC. The maximum absolute atomic E-state index is 5.40. The molecule has 0 radical (unpaired) electrons. The van der Waals surface area contributed by atoms with Gasteiger partial charge in [0.2, 0.25) is 0 Å². The normalized spacial score (nSPS) is 13.1. The quantitative estimate of drug-likeness (QED) is 0.809. The van der Waals surface area contributed by atoms with Crippen LogP contribution in [0.3, 0.4) is 0 Å². The molecule has 1 N–H and O–H groups in total.